The molecule has 3 heterocycles. The number of hydrogen-bond donors (Lipinski definition) is 0. The molecular formula is C20H24N4O2S. The third-order valence-electron chi connectivity index (χ3n) is 5.10. The van der Waals surface area contributed by atoms with Gasteiger partial charge in [-0.05, 0) is 51.8 Å². The Morgan fingerprint density at radius 1 is 1.30 bits per heavy atom. The summed E-state index contributed by atoms with van der Waals surface area (Å²) >= 11 is 1.48. The van der Waals surface area contributed by atoms with Crippen molar-refractivity contribution in [1.29, 1.82) is 0 Å². The number of aromatic nitrogens is 4. The third-order valence-corrected chi connectivity index (χ3v) is 6.07. The van der Waals surface area contributed by atoms with Crippen molar-refractivity contribution in [1.82, 2.24) is 19.3 Å². The Kier molecular flexibility index (Phi) is 4.95. The van der Waals surface area contributed by atoms with E-state index in [0.29, 0.717) is 18.2 Å². The van der Waals surface area contributed by atoms with Gasteiger partial charge in [0, 0.05) is 29.4 Å². The van der Waals surface area contributed by atoms with Crippen LogP contribution >= 0.6 is 11.8 Å². The molecule has 0 unspecified atom stereocenters. The highest BCUT2D eigenvalue weighted by Crippen LogP contribution is 2.40. The monoisotopic (exact) mass is 384 g/mol. The molecule has 7 heteroatoms. The molecule has 0 saturated heterocycles. The Balaban J connectivity index is 1.47. The van der Waals surface area contributed by atoms with Crippen molar-refractivity contribution in [3.8, 4) is 0 Å². The zero-order chi connectivity index (χ0) is 19.0. The van der Waals surface area contributed by atoms with E-state index < -0.39 is 0 Å². The van der Waals surface area contributed by atoms with Crippen molar-refractivity contribution in [3.05, 3.63) is 53.0 Å². The van der Waals surface area contributed by atoms with Gasteiger partial charge in [-0.3, -0.25) is 4.79 Å². The maximum atomic E-state index is 12.8. The molecule has 0 N–H and O–H groups in total. The number of rotatable bonds is 8. The van der Waals surface area contributed by atoms with Crippen LogP contribution in [0.4, 0.5) is 0 Å². The third kappa shape index (κ3) is 3.60. The van der Waals surface area contributed by atoms with E-state index in [0.717, 1.165) is 40.2 Å². The van der Waals surface area contributed by atoms with E-state index >= 15 is 0 Å². The molecule has 142 valence electrons. The average molecular weight is 385 g/mol. The minimum atomic E-state index is 0.123. The molecule has 0 bridgehead atoms. The number of hydrogen-bond acceptors (Lipinski definition) is 5. The number of nitrogens with zero attached hydrogens (tertiary/aromatic N) is 4. The smallest absolute Gasteiger partial charge is 0.191 e. The Morgan fingerprint density at radius 2 is 2.11 bits per heavy atom. The first-order valence-electron chi connectivity index (χ1n) is 9.36. The van der Waals surface area contributed by atoms with Gasteiger partial charge in [0.15, 0.2) is 10.9 Å². The van der Waals surface area contributed by atoms with Gasteiger partial charge >= 0.3 is 0 Å². The number of carbonyl (C=O) groups excluding carboxylic acids is 1. The molecule has 0 radical (unpaired) electrons. The van der Waals surface area contributed by atoms with Gasteiger partial charge in [0.05, 0.1) is 18.6 Å². The Morgan fingerprint density at radius 3 is 2.78 bits per heavy atom. The maximum absolute atomic E-state index is 12.8. The van der Waals surface area contributed by atoms with Gasteiger partial charge in [0.25, 0.3) is 0 Å². The Hall–Kier alpha value is -2.28. The first-order chi connectivity index (χ1) is 13.1. The lowest BCUT2D eigenvalue weighted by atomic mass is 10.2. The molecule has 3 aromatic heterocycles. The average Bonchev–Trinajstić information content (AvgIpc) is 3.11. The summed E-state index contributed by atoms with van der Waals surface area (Å²) < 4.78 is 9.72. The fourth-order valence-electron chi connectivity index (χ4n) is 3.44. The molecule has 4 rings (SSSR count). The van der Waals surface area contributed by atoms with Crippen LogP contribution in [0.25, 0.3) is 0 Å². The second-order valence-corrected chi connectivity index (χ2v) is 7.96. The van der Waals surface area contributed by atoms with Crippen LogP contribution in [-0.4, -0.2) is 30.9 Å². The van der Waals surface area contributed by atoms with Crippen molar-refractivity contribution < 1.29 is 9.21 Å². The minimum Gasteiger partial charge on any atom is -0.467 e. The standard InChI is InChI=1S/C20H24N4O2S/c1-4-23-19(15-7-8-15)21-22-20(23)27-12-18(25)17-10-13(2)24(14(17)3)11-16-6-5-9-26-16/h5-6,9-10,15H,4,7-8,11-12H2,1-3H3. The number of furan rings is 1. The molecule has 1 aliphatic carbocycles. The molecule has 0 aliphatic heterocycles. The first-order valence-corrected chi connectivity index (χ1v) is 10.3. The number of Topliss-reactive ketones (excluding diaryl/α,β-unsaturated/α-hetero) is 1. The van der Waals surface area contributed by atoms with E-state index in [4.69, 9.17) is 4.42 Å². The topological polar surface area (TPSA) is 65.8 Å². The van der Waals surface area contributed by atoms with Gasteiger partial charge in [-0.15, -0.1) is 10.2 Å². The lowest BCUT2D eigenvalue weighted by Gasteiger charge is -2.08. The quantitative estimate of drug-likeness (QED) is 0.430. The van der Waals surface area contributed by atoms with Crippen LogP contribution in [0.3, 0.4) is 0 Å². The normalized spacial score (nSPS) is 14.0. The molecule has 27 heavy (non-hydrogen) atoms. The molecule has 1 saturated carbocycles. The number of carbonyl (C=O) groups is 1. The van der Waals surface area contributed by atoms with E-state index in [1.165, 1.54) is 24.6 Å². The minimum absolute atomic E-state index is 0.123. The van der Waals surface area contributed by atoms with E-state index in [9.17, 15) is 4.79 Å². The fourth-order valence-corrected chi connectivity index (χ4v) is 4.33. The van der Waals surface area contributed by atoms with Crippen molar-refractivity contribution in [2.45, 2.75) is 57.8 Å². The molecule has 0 aromatic carbocycles. The summed E-state index contributed by atoms with van der Waals surface area (Å²) in [4.78, 5) is 12.8. The maximum Gasteiger partial charge on any atom is 0.191 e. The van der Waals surface area contributed by atoms with E-state index in [2.05, 4.69) is 26.3 Å². The SMILES string of the molecule is CCn1c(SCC(=O)c2cc(C)n(Cc3ccco3)c2C)nnc1C1CC1. The number of thioether (sulfide) groups is 1. The lowest BCUT2D eigenvalue weighted by molar-refractivity contribution is 0.102. The number of aryl methyl sites for hydroxylation is 1. The van der Waals surface area contributed by atoms with Crippen LogP contribution in [0.5, 0.6) is 0 Å². The van der Waals surface area contributed by atoms with Gasteiger partial charge in [-0.1, -0.05) is 11.8 Å². The first kappa shape index (κ1) is 18.1. The van der Waals surface area contributed by atoms with Crippen molar-refractivity contribution in [3.63, 3.8) is 0 Å². The summed E-state index contributed by atoms with van der Waals surface area (Å²) in [5.74, 6) is 3.01. The van der Waals surface area contributed by atoms with Crippen molar-refractivity contribution >= 4 is 17.5 Å². The molecule has 3 aromatic rings. The Labute approximate surface area is 163 Å². The molecule has 0 amide bonds. The summed E-state index contributed by atoms with van der Waals surface area (Å²) in [7, 11) is 0. The van der Waals surface area contributed by atoms with Gasteiger partial charge in [-0.2, -0.15) is 0 Å². The summed E-state index contributed by atoms with van der Waals surface area (Å²) in [5.41, 5.74) is 2.81. The van der Waals surface area contributed by atoms with Gasteiger partial charge < -0.3 is 13.6 Å². The summed E-state index contributed by atoms with van der Waals surface area (Å²) in [6, 6.07) is 5.80. The summed E-state index contributed by atoms with van der Waals surface area (Å²) in [5, 5.41) is 9.50. The zero-order valence-corrected chi connectivity index (χ0v) is 16.8. The highest BCUT2D eigenvalue weighted by molar-refractivity contribution is 7.99. The van der Waals surface area contributed by atoms with Crippen LogP contribution in [-0.2, 0) is 13.1 Å². The molecular weight excluding hydrogens is 360 g/mol. The molecule has 0 spiro atoms. The predicted molar refractivity (Wildman–Crippen MR) is 104 cm³/mol. The van der Waals surface area contributed by atoms with Crippen molar-refractivity contribution in [2.24, 2.45) is 0 Å². The fraction of sp³-hybridized carbons (Fsp3) is 0.450. The van der Waals surface area contributed by atoms with Crippen LogP contribution in [0.15, 0.2) is 34.0 Å². The lowest BCUT2D eigenvalue weighted by Crippen LogP contribution is -2.08. The highest BCUT2D eigenvalue weighted by Gasteiger charge is 2.30. The zero-order valence-electron chi connectivity index (χ0n) is 15.9. The second kappa shape index (κ2) is 7.38. The van der Waals surface area contributed by atoms with E-state index in [1.807, 2.05) is 32.0 Å². The van der Waals surface area contributed by atoms with Crippen LogP contribution < -0.4 is 0 Å². The van der Waals surface area contributed by atoms with Crippen LogP contribution in [0.2, 0.25) is 0 Å². The molecule has 1 fully saturated rings. The Bertz CT molecular complexity index is 951. The largest absolute Gasteiger partial charge is 0.467 e. The van der Waals surface area contributed by atoms with E-state index in [1.54, 1.807) is 6.26 Å². The number of ketones is 1. The summed E-state index contributed by atoms with van der Waals surface area (Å²) in [6.07, 6.45) is 4.07. The highest BCUT2D eigenvalue weighted by atomic mass is 32.2. The van der Waals surface area contributed by atoms with Crippen LogP contribution in [0.1, 0.15) is 59.0 Å². The van der Waals surface area contributed by atoms with Crippen LogP contribution in [0, 0.1) is 13.8 Å². The summed E-state index contributed by atoms with van der Waals surface area (Å²) in [6.45, 7) is 7.60. The van der Waals surface area contributed by atoms with Gasteiger partial charge in [0.2, 0.25) is 0 Å². The van der Waals surface area contributed by atoms with Gasteiger partial charge in [-0.25, -0.2) is 0 Å². The molecule has 0 atom stereocenters. The van der Waals surface area contributed by atoms with Gasteiger partial charge in [0.1, 0.15) is 11.6 Å². The molecule has 6 nitrogen and oxygen atoms in total. The second-order valence-electron chi connectivity index (χ2n) is 7.02. The van der Waals surface area contributed by atoms with Crippen molar-refractivity contribution in [2.75, 3.05) is 5.75 Å². The molecule has 1 aliphatic rings. The predicted octanol–water partition coefficient (Wildman–Crippen LogP) is 4.21. The van der Waals surface area contributed by atoms with E-state index in [-0.39, 0.29) is 5.78 Å².